The molecule has 0 unspecified atom stereocenters. The van der Waals surface area contributed by atoms with Crippen LogP contribution in [0.3, 0.4) is 0 Å². The van der Waals surface area contributed by atoms with Gasteiger partial charge in [0.25, 0.3) is 0 Å². The molecule has 0 saturated heterocycles. The predicted molar refractivity (Wildman–Crippen MR) is 98.5 cm³/mol. The normalized spacial score (nSPS) is 15.2. The van der Waals surface area contributed by atoms with E-state index in [1.54, 1.807) is 25.5 Å². The number of guanidine groups is 1. The summed E-state index contributed by atoms with van der Waals surface area (Å²) in [6.07, 6.45) is 1.44. The number of thiophene rings is 1. The molecule has 134 valence electrons. The fourth-order valence-electron chi connectivity index (χ4n) is 2.50. The van der Waals surface area contributed by atoms with Crippen LogP contribution in [0.4, 0.5) is 0 Å². The summed E-state index contributed by atoms with van der Waals surface area (Å²) in [4.78, 5) is 19.9. The Hall–Kier alpha value is -1.60. The van der Waals surface area contributed by atoms with Crippen molar-refractivity contribution in [1.29, 1.82) is 0 Å². The maximum atomic E-state index is 12.4. The van der Waals surface area contributed by atoms with Crippen LogP contribution >= 0.6 is 11.3 Å². The Labute approximate surface area is 148 Å². The molecule has 0 fully saturated rings. The molecule has 6 nitrogen and oxygen atoms in total. The van der Waals surface area contributed by atoms with Gasteiger partial charge in [0.05, 0.1) is 5.60 Å². The lowest BCUT2D eigenvalue weighted by Gasteiger charge is -2.27. The molecule has 0 atom stereocenters. The molecular formula is C17H28N4O2S. The first kappa shape index (κ1) is 18.7. The summed E-state index contributed by atoms with van der Waals surface area (Å²) >= 11 is 1.79. The van der Waals surface area contributed by atoms with Crippen molar-refractivity contribution in [2.75, 3.05) is 33.8 Å². The van der Waals surface area contributed by atoms with Crippen LogP contribution in [0.25, 0.3) is 0 Å². The number of carbonyl (C=O) groups excluding carboxylic acids is 1. The van der Waals surface area contributed by atoms with Gasteiger partial charge in [-0.15, -0.1) is 11.3 Å². The summed E-state index contributed by atoms with van der Waals surface area (Å²) in [5.41, 5.74) is 1.03. The first-order valence-corrected chi connectivity index (χ1v) is 9.16. The molecule has 1 aliphatic rings. The number of hydrogen-bond acceptors (Lipinski definition) is 4. The minimum atomic E-state index is -0.264. The standard InChI is InChI=1S/C17H28N4O2S/c1-17(2,23-4)12-20-16(18-3)19-8-5-15(22)21-9-6-14-13(11-21)7-10-24-14/h7,10H,5-6,8-9,11-12H2,1-4H3,(H2,18,19,20). The van der Waals surface area contributed by atoms with Gasteiger partial charge in [0.15, 0.2) is 5.96 Å². The van der Waals surface area contributed by atoms with E-state index in [1.165, 1.54) is 10.4 Å². The molecule has 24 heavy (non-hydrogen) atoms. The van der Waals surface area contributed by atoms with Crippen molar-refractivity contribution in [3.8, 4) is 0 Å². The Balaban J connectivity index is 1.72. The third kappa shape index (κ3) is 5.21. The van der Waals surface area contributed by atoms with Crippen LogP contribution in [0.15, 0.2) is 16.4 Å². The molecule has 2 heterocycles. The van der Waals surface area contributed by atoms with Crippen molar-refractivity contribution in [2.45, 2.75) is 38.8 Å². The predicted octanol–water partition coefficient (Wildman–Crippen LogP) is 1.61. The first-order chi connectivity index (χ1) is 11.4. The number of methoxy groups -OCH3 is 1. The Kier molecular flexibility index (Phi) is 6.62. The van der Waals surface area contributed by atoms with Gasteiger partial charge in [0, 0.05) is 51.6 Å². The van der Waals surface area contributed by atoms with Gasteiger partial charge in [-0.2, -0.15) is 0 Å². The lowest BCUT2D eigenvalue weighted by molar-refractivity contribution is -0.131. The van der Waals surface area contributed by atoms with Crippen LogP contribution in [-0.2, 0) is 22.5 Å². The van der Waals surface area contributed by atoms with Crippen molar-refractivity contribution >= 4 is 23.2 Å². The topological polar surface area (TPSA) is 66.0 Å². The van der Waals surface area contributed by atoms with Crippen LogP contribution in [-0.4, -0.2) is 56.2 Å². The molecule has 1 amide bonds. The number of nitrogens with zero attached hydrogens (tertiary/aromatic N) is 2. The molecule has 0 radical (unpaired) electrons. The summed E-state index contributed by atoms with van der Waals surface area (Å²) < 4.78 is 5.37. The monoisotopic (exact) mass is 352 g/mol. The molecule has 2 rings (SSSR count). The fraction of sp³-hybridized carbons (Fsp3) is 0.647. The largest absolute Gasteiger partial charge is 0.377 e. The van der Waals surface area contributed by atoms with Crippen LogP contribution in [0.1, 0.15) is 30.7 Å². The molecule has 0 spiro atoms. The van der Waals surface area contributed by atoms with Gasteiger partial charge in [0.1, 0.15) is 0 Å². The second-order valence-electron chi connectivity index (χ2n) is 6.50. The number of amides is 1. The molecule has 0 saturated carbocycles. The van der Waals surface area contributed by atoms with E-state index >= 15 is 0 Å². The Morgan fingerprint density at radius 2 is 2.25 bits per heavy atom. The number of nitrogens with one attached hydrogen (secondary N) is 2. The highest BCUT2D eigenvalue weighted by Crippen LogP contribution is 2.24. The number of fused-ring (bicyclic) bond motifs is 1. The van der Waals surface area contributed by atoms with Crippen molar-refractivity contribution in [2.24, 2.45) is 4.99 Å². The average molecular weight is 353 g/mol. The van der Waals surface area contributed by atoms with Gasteiger partial charge in [-0.05, 0) is 37.3 Å². The van der Waals surface area contributed by atoms with Crippen LogP contribution in [0.5, 0.6) is 0 Å². The third-order valence-electron chi connectivity index (χ3n) is 4.25. The SMILES string of the molecule is CN=C(NCCC(=O)N1CCc2sccc2C1)NCC(C)(C)OC. The zero-order chi connectivity index (χ0) is 17.6. The second kappa shape index (κ2) is 8.48. The molecule has 7 heteroatoms. The Morgan fingerprint density at radius 3 is 2.96 bits per heavy atom. The van der Waals surface area contributed by atoms with E-state index in [2.05, 4.69) is 27.1 Å². The summed E-state index contributed by atoms with van der Waals surface area (Å²) in [6.45, 7) is 6.79. The Bertz CT molecular complexity index is 583. The fourth-order valence-corrected chi connectivity index (χ4v) is 3.39. The third-order valence-corrected chi connectivity index (χ3v) is 5.27. The first-order valence-electron chi connectivity index (χ1n) is 8.28. The van der Waals surface area contributed by atoms with E-state index in [0.717, 1.165) is 19.5 Å². The minimum absolute atomic E-state index is 0.187. The summed E-state index contributed by atoms with van der Waals surface area (Å²) in [5, 5.41) is 8.51. The molecule has 1 aromatic rings. The molecule has 1 aromatic heterocycles. The quantitative estimate of drug-likeness (QED) is 0.603. The van der Waals surface area contributed by atoms with Crippen LogP contribution < -0.4 is 10.6 Å². The van der Waals surface area contributed by atoms with Crippen LogP contribution in [0, 0.1) is 0 Å². The van der Waals surface area contributed by atoms with E-state index in [9.17, 15) is 4.79 Å². The van der Waals surface area contributed by atoms with Crippen molar-refractivity contribution < 1.29 is 9.53 Å². The number of ether oxygens (including phenoxy) is 1. The van der Waals surface area contributed by atoms with Gasteiger partial charge in [-0.25, -0.2) is 0 Å². The van der Waals surface area contributed by atoms with E-state index in [4.69, 9.17) is 4.74 Å². The number of aliphatic imine (C=N–C) groups is 1. The molecule has 2 N–H and O–H groups in total. The molecule has 1 aliphatic heterocycles. The molecule has 0 aromatic carbocycles. The lowest BCUT2D eigenvalue weighted by atomic mass is 10.1. The van der Waals surface area contributed by atoms with E-state index in [-0.39, 0.29) is 11.5 Å². The van der Waals surface area contributed by atoms with Crippen molar-refractivity contribution in [3.05, 3.63) is 21.9 Å². The van der Waals surface area contributed by atoms with E-state index in [0.29, 0.717) is 25.5 Å². The summed E-state index contributed by atoms with van der Waals surface area (Å²) in [6, 6.07) is 2.13. The molecule has 0 bridgehead atoms. The van der Waals surface area contributed by atoms with Crippen LogP contribution in [0.2, 0.25) is 0 Å². The number of hydrogen-bond donors (Lipinski definition) is 2. The smallest absolute Gasteiger partial charge is 0.224 e. The van der Waals surface area contributed by atoms with E-state index in [1.807, 2.05) is 18.7 Å². The maximum absolute atomic E-state index is 12.4. The lowest BCUT2D eigenvalue weighted by Crippen LogP contribution is -2.46. The highest BCUT2D eigenvalue weighted by atomic mass is 32.1. The highest BCUT2D eigenvalue weighted by molar-refractivity contribution is 7.10. The van der Waals surface area contributed by atoms with Gasteiger partial charge in [-0.1, -0.05) is 0 Å². The summed E-state index contributed by atoms with van der Waals surface area (Å²) in [7, 11) is 3.41. The van der Waals surface area contributed by atoms with Gasteiger partial charge >= 0.3 is 0 Å². The minimum Gasteiger partial charge on any atom is -0.377 e. The van der Waals surface area contributed by atoms with Gasteiger partial charge in [-0.3, -0.25) is 9.79 Å². The average Bonchev–Trinajstić information content (AvgIpc) is 3.05. The van der Waals surface area contributed by atoms with Crippen molar-refractivity contribution in [3.63, 3.8) is 0 Å². The summed E-state index contributed by atoms with van der Waals surface area (Å²) in [5.74, 6) is 0.874. The van der Waals surface area contributed by atoms with E-state index < -0.39 is 0 Å². The highest BCUT2D eigenvalue weighted by Gasteiger charge is 2.21. The molecule has 0 aliphatic carbocycles. The van der Waals surface area contributed by atoms with Gasteiger partial charge < -0.3 is 20.3 Å². The maximum Gasteiger partial charge on any atom is 0.224 e. The van der Waals surface area contributed by atoms with Gasteiger partial charge in [0.2, 0.25) is 5.91 Å². The number of carbonyl (C=O) groups is 1. The number of rotatable bonds is 6. The molecular weight excluding hydrogens is 324 g/mol. The van der Waals surface area contributed by atoms with Crippen molar-refractivity contribution in [1.82, 2.24) is 15.5 Å². The Morgan fingerprint density at radius 1 is 1.46 bits per heavy atom. The second-order valence-corrected chi connectivity index (χ2v) is 7.50. The zero-order valence-corrected chi connectivity index (χ0v) is 15.8. The zero-order valence-electron chi connectivity index (χ0n) is 15.0.